The van der Waals surface area contributed by atoms with Crippen molar-refractivity contribution in [1.29, 1.82) is 0 Å². The molecule has 0 saturated carbocycles. The number of furan rings is 1. The standard InChI is InChI=1S/C18H15NO2S2/c1-3-10-19-17(20)16(23-18(19)22)11-14-8-9-15(21-14)13-6-4-12(2)5-7-13/h3-9,11H,1,10H2,2H3/b16-11+. The third kappa shape index (κ3) is 3.30. The van der Waals surface area contributed by atoms with Crippen molar-refractivity contribution in [1.82, 2.24) is 4.90 Å². The van der Waals surface area contributed by atoms with E-state index in [1.165, 1.54) is 22.2 Å². The Morgan fingerprint density at radius 2 is 2.00 bits per heavy atom. The summed E-state index contributed by atoms with van der Waals surface area (Å²) in [4.78, 5) is 14.4. The van der Waals surface area contributed by atoms with Gasteiger partial charge in [0.25, 0.3) is 5.91 Å². The predicted molar refractivity (Wildman–Crippen MR) is 99.0 cm³/mol. The highest BCUT2D eigenvalue weighted by atomic mass is 32.2. The fourth-order valence-corrected chi connectivity index (χ4v) is 3.47. The van der Waals surface area contributed by atoms with Crippen LogP contribution in [0.5, 0.6) is 0 Å². The molecule has 3 rings (SSSR count). The van der Waals surface area contributed by atoms with Gasteiger partial charge in [0.1, 0.15) is 15.8 Å². The maximum absolute atomic E-state index is 12.3. The molecule has 1 saturated heterocycles. The van der Waals surface area contributed by atoms with Crippen LogP contribution < -0.4 is 0 Å². The lowest BCUT2D eigenvalue weighted by Crippen LogP contribution is -2.27. The molecule has 1 fully saturated rings. The van der Waals surface area contributed by atoms with Crippen LogP contribution in [0.25, 0.3) is 17.4 Å². The van der Waals surface area contributed by atoms with Gasteiger partial charge in [0.15, 0.2) is 0 Å². The summed E-state index contributed by atoms with van der Waals surface area (Å²) in [5.74, 6) is 1.31. The molecule has 5 heteroatoms. The normalized spacial score (nSPS) is 16.4. The van der Waals surface area contributed by atoms with Crippen LogP contribution in [0.1, 0.15) is 11.3 Å². The number of amides is 1. The number of thioether (sulfide) groups is 1. The van der Waals surface area contributed by atoms with Gasteiger partial charge in [0.05, 0.1) is 4.91 Å². The lowest BCUT2D eigenvalue weighted by Gasteiger charge is -2.10. The van der Waals surface area contributed by atoms with E-state index in [1.54, 1.807) is 12.2 Å². The van der Waals surface area contributed by atoms with Crippen molar-refractivity contribution in [3.05, 3.63) is 65.3 Å². The molecule has 1 aromatic carbocycles. The molecule has 0 unspecified atom stereocenters. The average Bonchev–Trinajstić information content (AvgIpc) is 3.09. The Kier molecular flexibility index (Phi) is 4.50. The Balaban J connectivity index is 1.84. The zero-order valence-corrected chi connectivity index (χ0v) is 14.2. The third-order valence-electron chi connectivity index (χ3n) is 3.42. The SMILES string of the molecule is C=CCN1C(=O)/C(=C\c2ccc(-c3ccc(C)cc3)o2)SC1=S. The molecule has 2 aromatic rings. The van der Waals surface area contributed by atoms with E-state index in [4.69, 9.17) is 16.6 Å². The highest BCUT2D eigenvalue weighted by Crippen LogP contribution is 2.33. The summed E-state index contributed by atoms with van der Waals surface area (Å²) in [6.45, 7) is 6.11. The largest absolute Gasteiger partial charge is 0.457 e. The van der Waals surface area contributed by atoms with Crippen LogP contribution in [0.4, 0.5) is 0 Å². The van der Waals surface area contributed by atoms with Crippen molar-refractivity contribution in [2.75, 3.05) is 6.54 Å². The van der Waals surface area contributed by atoms with Gasteiger partial charge < -0.3 is 4.42 Å². The Bertz CT molecular complexity index is 803. The van der Waals surface area contributed by atoms with E-state index in [-0.39, 0.29) is 5.91 Å². The van der Waals surface area contributed by atoms with Crippen molar-refractivity contribution in [2.45, 2.75) is 6.92 Å². The molecular formula is C18H15NO2S2. The molecule has 116 valence electrons. The van der Waals surface area contributed by atoms with E-state index in [0.29, 0.717) is 21.5 Å². The van der Waals surface area contributed by atoms with Gasteiger partial charge in [-0.15, -0.1) is 6.58 Å². The topological polar surface area (TPSA) is 33.5 Å². The number of nitrogens with zero attached hydrogens (tertiary/aromatic N) is 1. The van der Waals surface area contributed by atoms with Gasteiger partial charge in [-0.25, -0.2) is 0 Å². The van der Waals surface area contributed by atoms with Gasteiger partial charge in [-0.3, -0.25) is 9.69 Å². The fraction of sp³-hybridized carbons (Fsp3) is 0.111. The number of rotatable bonds is 4. The van der Waals surface area contributed by atoms with Gasteiger partial charge in [0, 0.05) is 18.2 Å². The van der Waals surface area contributed by atoms with Gasteiger partial charge >= 0.3 is 0 Å². The summed E-state index contributed by atoms with van der Waals surface area (Å²) in [6.07, 6.45) is 3.40. The summed E-state index contributed by atoms with van der Waals surface area (Å²) >= 11 is 6.50. The van der Waals surface area contributed by atoms with Crippen molar-refractivity contribution in [3.63, 3.8) is 0 Å². The second-order valence-electron chi connectivity index (χ2n) is 5.15. The van der Waals surface area contributed by atoms with Crippen molar-refractivity contribution in [2.24, 2.45) is 0 Å². The number of thiocarbonyl (C=S) groups is 1. The van der Waals surface area contributed by atoms with Crippen LogP contribution in [0, 0.1) is 6.92 Å². The Morgan fingerprint density at radius 3 is 2.70 bits per heavy atom. The summed E-state index contributed by atoms with van der Waals surface area (Å²) in [6, 6.07) is 11.9. The zero-order chi connectivity index (χ0) is 16.4. The van der Waals surface area contributed by atoms with E-state index in [1.807, 2.05) is 43.3 Å². The molecule has 1 aliphatic heterocycles. The number of carbonyl (C=O) groups is 1. The number of aryl methyl sites for hydroxylation is 1. The first-order chi connectivity index (χ1) is 11.1. The van der Waals surface area contributed by atoms with Crippen LogP contribution in [-0.2, 0) is 4.79 Å². The van der Waals surface area contributed by atoms with Crippen LogP contribution in [0.15, 0.2) is 58.4 Å². The quantitative estimate of drug-likeness (QED) is 0.461. The fourth-order valence-electron chi connectivity index (χ4n) is 2.22. The highest BCUT2D eigenvalue weighted by Gasteiger charge is 2.31. The molecular weight excluding hydrogens is 326 g/mol. The van der Waals surface area contributed by atoms with Gasteiger partial charge in [0.2, 0.25) is 0 Å². The minimum atomic E-state index is -0.104. The van der Waals surface area contributed by atoms with Crippen molar-refractivity contribution >= 4 is 40.3 Å². The molecule has 1 aliphatic rings. The lowest BCUT2D eigenvalue weighted by atomic mass is 10.1. The minimum Gasteiger partial charge on any atom is -0.457 e. The number of carbonyl (C=O) groups excluding carboxylic acids is 1. The molecule has 1 aromatic heterocycles. The molecule has 23 heavy (non-hydrogen) atoms. The predicted octanol–water partition coefficient (Wildman–Crippen LogP) is 4.64. The summed E-state index contributed by atoms with van der Waals surface area (Å²) in [5.41, 5.74) is 2.21. The second kappa shape index (κ2) is 6.56. The molecule has 0 aliphatic carbocycles. The smallest absolute Gasteiger partial charge is 0.266 e. The highest BCUT2D eigenvalue weighted by molar-refractivity contribution is 8.26. The van der Waals surface area contributed by atoms with E-state index in [9.17, 15) is 4.79 Å². The molecule has 0 atom stereocenters. The van der Waals surface area contributed by atoms with Crippen LogP contribution in [-0.4, -0.2) is 21.7 Å². The molecule has 2 heterocycles. The lowest BCUT2D eigenvalue weighted by molar-refractivity contribution is -0.121. The monoisotopic (exact) mass is 341 g/mol. The number of benzene rings is 1. The van der Waals surface area contributed by atoms with Gasteiger partial charge in [-0.05, 0) is 19.1 Å². The summed E-state index contributed by atoms with van der Waals surface area (Å²) in [7, 11) is 0. The molecule has 0 bridgehead atoms. The van der Waals surface area contributed by atoms with Gasteiger partial charge in [-0.2, -0.15) is 0 Å². The Labute approximate surface area is 144 Å². The second-order valence-corrected chi connectivity index (χ2v) is 6.82. The van der Waals surface area contributed by atoms with Gasteiger partial charge in [-0.1, -0.05) is 59.9 Å². The molecule has 1 amide bonds. The van der Waals surface area contributed by atoms with Crippen LogP contribution >= 0.6 is 24.0 Å². The van der Waals surface area contributed by atoms with E-state index >= 15 is 0 Å². The first kappa shape index (κ1) is 15.8. The summed E-state index contributed by atoms with van der Waals surface area (Å²) in [5, 5.41) is 0. The number of hydrogen-bond donors (Lipinski definition) is 0. The molecule has 0 radical (unpaired) electrons. The van der Waals surface area contributed by atoms with E-state index < -0.39 is 0 Å². The van der Waals surface area contributed by atoms with Crippen molar-refractivity contribution in [3.8, 4) is 11.3 Å². The average molecular weight is 341 g/mol. The summed E-state index contributed by atoms with van der Waals surface area (Å²) < 4.78 is 6.37. The first-order valence-electron chi connectivity index (χ1n) is 7.11. The minimum absolute atomic E-state index is 0.104. The first-order valence-corrected chi connectivity index (χ1v) is 8.34. The zero-order valence-electron chi connectivity index (χ0n) is 12.6. The third-order valence-corrected chi connectivity index (χ3v) is 4.80. The van der Waals surface area contributed by atoms with E-state index in [0.717, 1.165) is 11.3 Å². The van der Waals surface area contributed by atoms with Crippen LogP contribution in [0.2, 0.25) is 0 Å². The molecule has 0 spiro atoms. The van der Waals surface area contributed by atoms with Crippen LogP contribution in [0.3, 0.4) is 0 Å². The Hall–Kier alpha value is -2.11. The van der Waals surface area contributed by atoms with Crippen molar-refractivity contribution < 1.29 is 9.21 Å². The van der Waals surface area contributed by atoms with E-state index in [2.05, 4.69) is 6.58 Å². The molecule has 3 nitrogen and oxygen atoms in total. The maximum Gasteiger partial charge on any atom is 0.266 e. The Morgan fingerprint density at radius 1 is 1.26 bits per heavy atom. The number of hydrogen-bond acceptors (Lipinski definition) is 4. The molecule has 0 N–H and O–H groups in total. The maximum atomic E-state index is 12.3.